The number of carboxylic acid groups (broad SMARTS) is 1. The van der Waals surface area contributed by atoms with Gasteiger partial charge in [0.15, 0.2) is 0 Å². The quantitative estimate of drug-likeness (QED) is 0.592. The first-order chi connectivity index (χ1) is 8.73. The molecule has 0 saturated carbocycles. The number of hydrogen-bond acceptors (Lipinski definition) is 4. The van der Waals surface area contributed by atoms with Crippen LogP contribution in [0, 0.1) is 0 Å². The number of hydrogen-bond donors (Lipinski definition) is 2. The summed E-state index contributed by atoms with van der Waals surface area (Å²) in [5.74, 6) is -0.793. The molecule has 0 aliphatic heterocycles. The van der Waals surface area contributed by atoms with Crippen LogP contribution in [-0.2, 0) is 9.53 Å². The summed E-state index contributed by atoms with van der Waals surface area (Å²) < 4.78 is 5.03. The lowest BCUT2D eigenvalue weighted by atomic mass is 9.92. The maximum absolute atomic E-state index is 11.5. The molecule has 2 atom stereocenters. The van der Waals surface area contributed by atoms with Crippen LogP contribution in [0.5, 0.6) is 0 Å². The first-order valence-electron chi connectivity index (χ1n) is 6.93. The van der Waals surface area contributed by atoms with Crippen molar-refractivity contribution in [2.75, 3.05) is 27.3 Å². The van der Waals surface area contributed by atoms with Crippen molar-refractivity contribution < 1.29 is 14.6 Å². The highest BCUT2D eigenvalue weighted by atomic mass is 16.5. The largest absolute Gasteiger partial charge is 0.480 e. The Kier molecular flexibility index (Phi) is 8.22. The number of nitrogens with one attached hydrogen (secondary N) is 1. The Labute approximate surface area is 117 Å². The van der Waals surface area contributed by atoms with Crippen LogP contribution in [0.3, 0.4) is 0 Å². The lowest BCUT2D eigenvalue weighted by Crippen LogP contribution is -2.55. The van der Waals surface area contributed by atoms with Gasteiger partial charge in [0.25, 0.3) is 0 Å². The van der Waals surface area contributed by atoms with Gasteiger partial charge in [0.05, 0.1) is 0 Å². The molecule has 0 rings (SSSR count). The maximum atomic E-state index is 11.5. The average Bonchev–Trinajstić information content (AvgIpc) is 2.27. The third-order valence-electron chi connectivity index (χ3n) is 3.39. The highest BCUT2D eigenvalue weighted by molar-refractivity contribution is 5.78. The lowest BCUT2D eigenvalue weighted by molar-refractivity contribution is -0.145. The SMILES string of the molecule is COCCCN(C)C(C)CC(C)(NC(C)C)C(=O)O. The van der Waals surface area contributed by atoms with E-state index in [2.05, 4.69) is 17.1 Å². The van der Waals surface area contributed by atoms with Crippen LogP contribution in [0.15, 0.2) is 0 Å². The second-order valence-electron chi connectivity index (χ2n) is 5.82. The van der Waals surface area contributed by atoms with Crippen LogP contribution in [0.4, 0.5) is 0 Å². The minimum absolute atomic E-state index is 0.145. The molecule has 0 fully saturated rings. The fourth-order valence-electron chi connectivity index (χ4n) is 2.27. The third kappa shape index (κ3) is 6.89. The van der Waals surface area contributed by atoms with Gasteiger partial charge < -0.3 is 14.7 Å². The van der Waals surface area contributed by atoms with Gasteiger partial charge in [-0.15, -0.1) is 0 Å². The molecule has 5 nitrogen and oxygen atoms in total. The third-order valence-corrected chi connectivity index (χ3v) is 3.39. The number of carbonyl (C=O) groups is 1. The van der Waals surface area contributed by atoms with Crippen LogP contribution >= 0.6 is 0 Å². The van der Waals surface area contributed by atoms with Gasteiger partial charge in [0.2, 0.25) is 0 Å². The second kappa shape index (κ2) is 8.51. The van der Waals surface area contributed by atoms with Gasteiger partial charge in [-0.05, 0) is 47.6 Å². The highest BCUT2D eigenvalue weighted by Gasteiger charge is 2.35. The van der Waals surface area contributed by atoms with Gasteiger partial charge in [-0.1, -0.05) is 0 Å². The lowest BCUT2D eigenvalue weighted by Gasteiger charge is -2.34. The van der Waals surface area contributed by atoms with Gasteiger partial charge in [-0.25, -0.2) is 0 Å². The Morgan fingerprint density at radius 3 is 2.42 bits per heavy atom. The van der Waals surface area contributed by atoms with Gasteiger partial charge in [-0.3, -0.25) is 10.1 Å². The molecule has 2 N–H and O–H groups in total. The molecule has 0 heterocycles. The topological polar surface area (TPSA) is 61.8 Å². The van der Waals surface area contributed by atoms with Crippen LogP contribution in [0.1, 0.15) is 40.5 Å². The molecule has 0 saturated heterocycles. The van der Waals surface area contributed by atoms with E-state index < -0.39 is 11.5 Å². The standard InChI is InChI=1S/C14H30N2O3/c1-11(2)15-14(4,13(17)18)10-12(3)16(5)8-7-9-19-6/h11-12,15H,7-10H2,1-6H3,(H,17,18). The van der Waals surface area contributed by atoms with Crippen molar-refractivity contribution in [2.24, 2.45) is 0 Å². The summed E-state index contributed by atoms with van der Waals surface area (Å²) in [6.45, 7) is 9.40. The molecule has 0 bridgehead atoms. The Balaban J connectivity index is 4.45. The zero-order valence-corrected chi connectivity index (χ0v) is 13.2. The second-order valence-corrected chi connectivity index (χ2v) is 5.82. The Hall–Kier alpha value is -0.650. The van der Waals surface area contributed by atoms with E-state index in [1.165, 1.54) is 0 Å². The molecule has 0 aromatic heterocycles. The van der Waals surface area contributed by atoms with Crippen LogP contribution in [-0.4, -0.2) is 60.9 Å². The molecular formula is C14H30N2O3. The minimum atomic E-state index is -0.886. The maximum Gasteiger partial charge on any atom is 0.323 e. The average molecular weight is 274 g/mol. The van der Waals surface area contributed by atoms with Crippen molar-refractivity contribution in [3.05, 3.63) is 0 Å². The van der Waals surface area contributed by atoms with Crippen LogP contribution < -0.4 is 5.32 Å². The summed E-state index contributed by atoms with van der Waals surface area (Å²) in [6, 6.07) is 0.344. The highest BCUT2D eigenvalue weighted by Crippen LogP contribution is 2.17. The predicted octanol–water partition coefficient (Wildman–Crippen LogP) is 1.57. The van der Waals surface area contributed by atoms with Crippen molar-refractivity contribution in [1.82, 2.24) is 10.2 Å². The van der Waals surface area contributed by atoms with E-state index in [0.29, 0.717) is 6.42 Å². The molecule has 0 spiro atoms. The number of rotatable bonds is 10. The summed E-state index contributed by atoms with van der Waals surface area (Å²) in [7, 11) is 3.72. The molecule has 0 amide bonds. The van der Waals surface area contributed by atoms with Crippen molar-refractivity contribution >= 4 is 5.97 Å². The van der Waals surface area contributed by atoms with Crippen LogP contribution in [0.2, 0.25) is 0 Å². The van der Waals surface area contributed by atoms with E-state index in [0.717, 1.165) is 19.6 Å². The van der Waals surface area contributed by atoms with Gasteiger partial charge in [0, 0.05) is 32.3 Å². The number of nitrogens with zero attached hydrogens (tertiary/aromatic N) is 1. The zero-order chi connectivity index (χ0) is 15.1. The molecule has 19 heavy (non-hydrogen) atoms. The Morgan fingerprint density at radius 2 is 2.00 bits per heavy atom. The van der Waals surface area contributed by atoms with E-state index in [-0.39, 0.29) is 12.1 Å². The first-order valence-corrected chi connectivity index (χ1v) is 6.93. The summed E-state index contributed by atoms with van der Waals surface area (Å²) in [5, 5.41) is 12.6. The predicted molar refractivity (Wildman–Crippen MR) is 77.5 cm³/mol. The van der Waals surface area contributed by atoms with Crippen molar-refractivity contribution in [3.63, 3.8) is 0 Å². The normalized spacial score (nSPS) is 16.6. The molecule has 0 aliphatic rings. The van der Waals surface area contributed by atoms with Gasteiger partial charge in [-0.2, -0.15) is 0 Å². The molecule has 0 aromatic rings. The van der Waals surface area contributed by atoms with E-state index in [1.54, 1.807) is 14.0 Å². The zero-order valence-electron chi connectivity index (χ0n) is 13.2. The van der Waals surface area contributed by atoms with Crippen molar-refractivity contribution in [3.8, 4) is 0 Å². The number of aliphatic carboxylic acids is 1. The fraction of sp³-hybridized carbons (Fsp3) is 0.929. The molecule has 0 aliphatic carbocycles. The van der Waals surface area contributed by atoms with E-state index in [4.69, 9.17) is 4.74 Å². The molecule has 5 heteroatoms. The summed E-state index contributed by atoms with van der Waals surface area (Å²) in [6.07, 6.45) is 1.53. The van der Waals surface area contributed by atoms with Gasteiger partial charge in [0.1, 0.15) is 5.54 Å². The monoisotopic (exact) mass is 274 g/mol. The minimum Gasteiger partial charge on any atom is -0.480 e. The Morgan fingerprint density at radius 1 is 1.42 bits per heavy atom. The first kappa shape index (κ1) is 18.4. The van der Waals surface area contributed by atoms with E-state index in [1.807, 2.05) is 20.9 Å². The smallest absolute Gasteiger partial charge is 0.323 e. The molecule has 0 aromatic carbocycles. The summed E-state index contributed by atoms with van der Waals surface area (Å²) in [4.78, 5) is 13.7. The van der Waals surface area contributed by atoms with Crippen molar-refractivity contribution in [1.29, 1.82) is 0 Å². The number of carboxylic acids is 1. The number of ether oxygens (including phenoxy) is 1. The molecule has 2 unspecified atom stereocenters. The van der Waals surface area contributed by atoms with Gasteiger partial charge >= 0.3 is 5.97 Å². The molecular weight excluding hydrogens is 244 g/mol. The van der Waals surface area contributed by atoms with Crippen molar-refractivity contribution in [2.45, 2.75) is 58.2 Å². The summed E-state index contributed by atoms with van der Waals surface area (Å²) in [5.41, 5.74) is -0.886. The van der Waals surface area contributed by atoms with E-state index in [9.17, 15) is 9.90 Å². The number of methoxy groups -OCH3 is 1. The molecule has 0 radical (unpaired) electrons. The fourth-order valence-corrected chi connectivity index (χ4v) is 2.27. The molecule has 114 valence electrons. The van der Waals surface area contributed by atoms with E-state index >= 15 is 0 Å². The van der Waals surface area contributed by atoms with Crippen LogP contribution in [0.25, 0.3) is 0 Å². The Bertz CT molecular complexity index is 271. The summed E-state index contributed by atoms with van der Waals surface area (Å²) >= 11 is 0.